The second-order valence-corrected chi connectivity index (χ2v) is 51.9. The van der Waals surface area contributed by atoms with Gasteiger partial charge in [-0.25, -0.2) is 0 Å². The minimum absolute atomic E-state index is 1.19. The Kier molecular flexibility index (Phi) is 9.17. The van der Waals surface area contributed by atoms with Crippen molar-refractivity contribution in [2.24, 2.45) is 0 Å². The van der Waals surface area contributed by atoms with Crippen LogP contribution >= 0.6 is 0 Å². The zero-order valence-electron chi connectivity index (χ0n) is 17.6. The van der Waals surface area contributed by atoms with Gasteiger partial charge < -0.3 is 0 Å². The third-order valence-corrected chi connectivity index (χ3v) is 74.2. The summed E-state index contributed by atoms with van der Waals surface area (Å²) < 4.78 is 10.9. The standard InChI is InChI=1S/C5H5.3C4H10N.C2H7Ge.Zr/c1-2-4-5-3-1;3*1-3-5-4-2;1-3-2;/h1-3H,4H2;3*3-4H2,1-2H3;3H,1-2H3;/q;3*-1;;+3. The van der Waals surface area contributed by atoms with Gasteiger partial charge in [0.15, 0.2) is 0 Å². The molecule has 0 heterocycles. The summed E-state index contributed by atoms with van der Waals surface area (Å²) in [7, 11) is -1.60. The van der Waals surface area contributed by atoms with E-state index in [0.717, 1.165) is 0 Å². The fraction of sp³-hybridized carbons (Fsp3) is 0.789. The van der Waals surface area contributed by atoms with E-state index in [9.17, 15) is 0 Å². The molecule has 0 amide bonds. The first kappa shape index (κ1) is 22.8. The Morgan fingerprint density at radius 1 is 0.792 bits per heavy atom. The molecule has 0 aromatic carbocycles. The molecule has 24 heavy (non-hydrogen) atoms. The molecule has 0 aromatic rings. The number of allylic oxidation sites excluding steroid dienone is 4. The monoisotopic (exact) mass is 476 g/mol. The van der Waals surface area contributed by atoms with Crippen molar-refractivity contribution in [3.8, 4) is 0 Å². The molecule has 3 nitrogen and oxygen atoms in total. The maximum absolute atomic E-state index is 3.63. The molecule has 0 atom stereocenters. The summed E-state index contributed by atoms with van der Waals surface area (Å²) in [6.07, 6.45) is 8.47. The van der Waals surface area contributed by atoms with Crippen molar-refractivity contribution >= 4 is 10.6 Å². The van der Waals surface area contributed by atoms with Crippen LogP contribution in [-0.2, 0) is 17.1 Å². The summed E-state index contributed by atoms with van der Waals surface area (Å²) in [4.78, 5) is 0. The molecule has 0 fully saturated rings. The molecule has 0 saturated heterocycles. The van der Waals surface area contributed by atoms with Crippen molar-refractivity contribution < 1.29 is 17.1 Å². The van der Waals surface area contributed by atoms with Gasteiger partial charge in [0.25, 0.3) is 0 Å². The van der Waals surface area contributed by atoms with Crippen molar-refractivity contribution in [2.75, 3.05) is 39.3 Å². The summed E-state index contributed by atoms with van der Waals surface area (Å²) in [6.45, 7) is 21.5. The molecule has 141 valence electrons. The number of hydrogen-bond acceptors (Lipinski definition) is 3. The van der Waals surface area contributed by atoms with E-state index in [0.29, 0.717) is 0 Å². The van der Waals surface area contributed by atoms with Crippen LogP contribution in [0.5, 0.6) is 0 Å². The molecule has 0 saturated carbocycles. The minimum atomic E-state index is -3.63. The van der Waals surface area contributed by atoms with E-state index in [1.807, 2.05) is 3.28 Å². The molecule has 0 radical (unpaired) electrons. The summed E-state index contributed by atoms with van der Waals surface area (Å²) in [5.74, 6) is 5.40. The van der Waals surface area contributed by atoms with E-state index in [-0.39, 0.29) is 0 Å². The van der Waals surface area contributed by atoms with Gasteiger partial charge in [0.1, 0.15) is 0 Å². The molecule has 0 aromatic heterocycles. The topological polar surface area (TPSA) is 9.72 Å². The predicted octanol–water partition coefficient (Wildman–Crippen LogP) is 4.27. The van der Waals surface area contributed by atoms with Crippen LogP contribution in [0.3, 0.4) is 0 Å². The average molecular weight is 476 g/mol. The van der Waals surface area contributed by atoms with E-state index in [1.54, 1.807) is 0 Å². The molecule has 0 bridgehead atoms. The fourth-order valence-corrected chi connectivity index (χ4v) is 83.3. The molecular weight excluding hydrogens is 434 g/mol. The normalized spacial score (nSPS) is 17.2. The van der Waals surface area contributed by atoms with Gasteiger partial charge in [-0.2, -0.15) is 0 Å². The summed E-state index contributed by atoms with van der Waals surface area (Å²) in [5.41, 5.74) is 0. The number of hydrogen-bond donors (Lipinski definition) is 0. The summed E-state index contributed by atoms with van der Waals surface area (Å²) in [6, 6.07) is 0. The van der Waals surface area contributed by atoms with Crippen LogP contribution in [-0.4, -0.2) is 58.4 Å². The molecular formula is C19H42GeN3Zr. The van der Waals surface area contributed by atoms with Gasteiger partial charge in [0, 0.05) is 0 Å². The van der Waals surface area contributed by atoms with Crippen LogP contribution in [0.2, 0.25) is 11.5 Å². The molecule has 1 aliphatic carbocycles. The van der Waals surface area contributed by atoms with Crippen molar-refractivity contribution in [2.45, 2.75) is 59.5 Å². The Bertz CT molecular complexity index is 415. The average Bonchev–Trinajstić information content (AvgIpc) is 3.12. The Morgan fingerprint density at radius 2 is 1.17 bits per heavy atom. The third kappa shape index (κ3) is 3.03. The van der Waals surface area contributed by atoms with Crippen LogP contribution in [0.25, 0.3) is 0 Å². The van der Waals surface area contributed by atoms with Gasteiger partial charge in [-0.1, -0.05) is 0 Å². The molecule has 5 heteroatoms. The van der Waals surface area contributed by atoms with E-state index in [2.05, 4.69) is 79.8 Å². The molecule has 1 aliphatic rings. The fourth-order valence-electron chi connectivity index (χ4n) is 6.02. The molecule has 0 spiro atoms. The van der Waals surface area contributed by atoms with Crippen LogP contribution in [0.4, 0.5) is 0 Å². The van der Waals surface area contributed by atoms with Crippen LogP contribution < -0.4 is 0 Å². The van der Waals surface area contributed by atoms with Crippen LogP contribution in [0.1, 0.15) is 48.0 Å². The van der Waals surface area contributed by atoms with Gasteiger partial charge in [0.05, 0.1) is 0 Å². The van der Waals surface area contributed by atoms with Gasteiger partial charge in [-0.15, -0.1) is 0 Å². The molecule has 0 N–H and O–H groups in total. The summed E-state index contributed by atoms with van der Waals surface area (Å²) in [5, 5.41) is 0. The second-order valence-electron chi connectivity index (χ2n) is 7.16. The van der Waals surface area contributed by atoms with Crippen molar-refractivity contribution in [1.29, 1.82) is 0 Å². The van der Waals surface area contributed by atoms with E-state index in [1.165, 1.54) is 45.7 Å². The quantitative estimate of drug-likeness (QED) is 0.413. The first-order valence-electron chi connectivity index (χ1n) is 10.2. The van der Waals surface area contributed by atoms with E-state index >= 15 is 0 Å². The number of nitrogens with zero attached hydrogens (tertiary/aromatic N) is 3. The van der Waals surface area contributed by atoms with Crippen molar-refractivity contribution in [1.82, 2.24) is 8.53 Å². The predicted molar refractivity (Wildman–Crippen MR) is 109 cm³/mol. The van der Waals surface area contributed by atoms with E-state index < -0.39 is 27.7 Å². The Labute approximate surface area is 155 Å². The first-order valence-corrected chi connectivity index (χ1v) is 28.2. The van der Waals surface area contributed by atoms with Crippen molar-refractivity contribution in [3.05, 3.63) is 21.5 Å². The molecule has 0 aliphatic heterocycles. The summed E-state index contributed by atoms with van der Waals surface area (Å²) >= 11 is -3.63. The van der Waals surface area contributed by atoms with Crippen LogP contribution in [0, 0.1) is 0 Å². The number of rotatable bonds is 11. The Balaban J connectivity index is 3.96. The van der Waals surface area contributed by atoms with Crippen molar-refractivity contribution in [3.63, 3.8) is 0 Å². The van der Waals surface area contributed by atoms with Gasteiger partial charge in [-0.05, 0) is 0 Å². The van der Waals surface area contributed by atoms with Gasteiger partial charge >= 0.3 is 156 Å². The Morgan fingerprint density at radius 3 is 1.38 bits per heavy atom. The SMILES string of the molecule is CC[N](CC)[Zr]([C]1=CC=CC1)([N](CC)CC)([N](CC)CC)[GeH]([CH3])[CH3]. The zero-order valence-corrected chi connectivity index (χ0v) is 22.5. The van der Waals surface area contributed by atoms with Crippen LogP contribution in [0.15, 0.2) is 21.5 Å². The molecule has 0 unspecified atom stereocenters. The second kappa shape index (κ2) is 9.64. The Hall–Kier alpha value is 0.786. The zero-order chi connectivity index (χ0) is 18.4. The van der Waals surface area contributed by atoms with Gasteiger partial charge in [0.2, 0.25) is 0 Å². The molecule has 1 rings (SSSR count). The van der Waals surface area contributed by atoms with Gasteiger partial charge in [-0.3, -0.25) is 0 Å². The maximum atomic E-state index is 3.02. The van der Waals surface area contributed by atoms with E-state index in [4.69, 9.17) is 0 Å². The third-order valence-electron chi connectivity index (χ3n) is 6.61. The first-order chi connectivity index (χ1) is 11.5.